The van der Waals surface area contributed by atoms with Crippen molar-refractivity contribution in [2.24, 2.45) is 11.5 Å². The molecule has 0 saturated heterocycles. The Morgan fingerprint density at radius 3 is 2.42 bits per heavy atom. The highest BCUT2D eigenvalue weighted by Gasteiger charge is 2.11. The molecule has 12 heavy (non-hydrogen) atoms. The topological polar surface area (TPSA) is 72.3 Å². The van der Waals surface area contributed by atoms with Gasteiger partial charge >= 0.3 is 0 Å². The van der Waals surface area contributed by atoms with Gasteiger partial charge in [-0.3, -0.25) is 9.69 Å². The number of carbonyl (C=O) groups is 1. The lowest BCUT2D eigenvalue weighted by Gasteiger charge is -2.22. The number of likely N-dealkylation sites (N-methyl/N-ethyl adjacent to an activating group) is 1. The molecule has 0 fully saturated rings. The lowest BCUT2D eigenvalue weighted by molar-refractivity contribution is -0.119. The fourth-order valence-corrected chi connectivity index (χ4v) is 1.09. The summed E-state index contributed by atoms with van der Waals surface area (Å²) >= 11 is 4.74. The summed E-state index contributed by atoms with van der Waals surface area (Å²) in [4.78, 5) is 12.8. The van der Waals surface area contributed by atoms with Gasteiger partial charge in [-0.05, 0) is 14.0 Å². The van der Waals surface area contributed by atoms with E-state index in [9.17, 15) is 4.79 Å². The highest BCUT2D eigenvalue weighted by Crippen LogP contribution is 1.99. The number of thiocarbonyl (C=S) groups is 1. The van der Waals surface area contributed by atoms with Crippen molar-refractivity contribution in [1.29, 1.82) is 0 Å². The molecule has 0 radical (unpaired) electrons. The molecule has 0 aliphatic heterocycles. The molecular weight excluding hydrogens is 174 g/mol. The number of nitrogens with two attached hydrogens (primary N) is 2. The average Bonchev–Trinajstić information content (AvgIpc) is 1.84. The Morgan fingerprint density at radius 2 is 2.08 bits per heavy atom. The molecule has 0 aliphatic carbocycles. The Morgan fingerprint density at radius 1 is 1.58 bits per heavy atom. The van der Waals surface area contributed by atoms with Gasteiger partial charge in [0.25, 0.3) is 0 Å². The fraction of sp³-hybridized carbons (Fsp3) is 0.714. The standard InChI is InChI=1S/C7H15N3OS/c1-5(3-7(9)12)10(2)4-6(8)11/h5H,3-4H2,1-2H3,(H2,8,11)(H2,9,12). The van der Waals surface area contributed by atoms with Crippen LogP contribution in [0, 0.1) is 0 Å². The summed E-state index contributed by atoms with van der Waals surface area (Å²) in [5.41, 5.74) is 10.4. The fourth-order valence-electron chi connectivity index (χ4n) is 0.849. The van der Waals surface area contributed by atoms with Gasteiger partial charge in [-0.2, -0.15) is 0 Å². The van der Waals surface area contributed by atoms with Gasteiger partial charge in [0.1, 0.15) is 0 Å². The summed E-state index contributed by atoms with van der Waals surface area (Å²) in [6.07, 6.45) is 0.610. The van der Waals surface area contributed by atoms with E-state index in [-0.39, 0.29) is 18.5 Å². The number of hydrogen-bond acceptors (Lipinski definition) is 3. The van der Waals surface area contributed by atoms with Crippen LogP contribution in [-0.2, 0) is 4.79 Å². The first-order valence-corrected chi connectivity index (χ1v) is 4.11. The first-order valence-electron chi connectivity index (χ1n) is 3.70. The molecule has 4 N–H and O–H groups in total. The molecule has 0 aromatic rings. The molecule has 4 nitrogen and oxygen atoms in total. The predicted octanol–water partition coefficient (Wildman–Crippen LogP) is -0.532. The van der Waals surface area contributed by atoms with Crippen LogP contribution in [0.3, 0.4) is 0 Å². The highest BCUT2D eigenvalue weighted by atomic mass is 32.1. The predicted molar refractivity (Wildman–Crippen MR) is 52.7 cm³/mol. The highest BCUT2D eigenvalue weighted by molar-refractivity contribution is 7.80. The number of amides is 1. The van der Waals surface area contributed by atoms with Crippen LogP contribution in [0.4, 0.5) is 0 Å². The molecule has 0 aromatic carbocycles. The largest absolute Gasteiger partial charge is 0.393 e. The number of primary amides is 1. The molecule has 1 atom stereocenters. The minimum Gasteiger partial charge on any atom is -0.393 e. The molecule has 0 aromatic heterocycles. The van der Waals surface area contributed by atoms with Crippen LogP contribution in [0.5, 0.6) is 0 Å². The molecule has 0 heterocycles. The second-order valence-corrected chi connectivity index (χ2v) is 3.43. The Kier molecular flexibility index (Phi) is 4.77. The van der Waals surface area contributed by atoms with Crippen molar-refractivity contribution >= 4 is 23.1 Å². The van der Waals surface area contributed by atoms with Crippen molar-refractivity contribution in [3.63, 3.8) is 0 Å². The molecule has 0 saturated carbocycles. The van der Waals surface area contributed by atoms with Crippen LogP contribution in [0.15, 0.2) is 0 Å². The van der Waals surface area contributed by atoms with E-state index in [0.717, 1.165) is 0 Å². The van der Waals surface area contributed by atoms with Gasteiger partial charge < -0.3 is 11.5 Å². The van der Waals surface area contributed by atoms with Crippen LogP contribution in [0.2, 0.25) is 0 Å². The molecule has 1 amide bonds. The number of rotatable bonds is 5. The van der Waals surface area contributed by atoms with Gasteiger partial charge in [-0.1, -0.05) is 12.2 Å². The maximum absolute atomic E-state index is 10.5. The van der Waals surface area contributed by atoms with Crippen LogP contribution in [-0.4, -0.2) is 35.4 Å². The number of carbonyl (C=O) groups excluding carboxylic acids is 1. The van der Waals surface area contributed by atoms with Gasteiger partial charge in [0.15, 0.2) is 0 Å². The summed E-state index contributed by atoms with van der Waals surface area (Å²) in [6, 6.07) is 0.162. The normalized spacial score (nSPS) is 12.9. The zero-order chi connectivity index (χ0) is 9.72. The van der Waals surface area contributed by atoms with Gasteiger partial charge in [0, 0.05) is 12.5 Å². The van der Waals surface area contributed by atoms with Crippen molar-refractivity contribution in [3.8, 4) is 0 Å². The summed E-state index contributed by atoms with van der Waals surface area (Å²) < 4.78 is 0. The first kappa shape index (κ1) is 11.3. The Hall–Kier alpha value is -0.680. The van der Waals surface area contributed by atoms with E-state index in [1.807, 2.05) is 18.9 Å². The van der Waals surface area contributed by atoms with Crippen molar-refractivity contribution in [2.45, 2.75) is 19.4 Å². The van der Waals surface area contributed by atoms with Crippen LogP contribution >= 0.6 is 12.2 Å². The van der Waals surface area contributed by atoms with Crippen LogP contribution < -0.4 is 11.5 Å². The average molecular weight is 189 g/mol. The molecule has 0 bridgehead atoms. The second kappa shape index (κ2) is 5.05. The van der Waals surface area contributed by atoms with Crippen LogP contribution in [0.1, 0.15) is 13.3 Å². The van der Waals surface area contributed by atoms with Gasteiger partial charge in [0.2, 0.25) is 5.91 Å². The quantitative estimate of drug-likeness (QED) is 0.570. The Balaban J connectivity index is 3.83. The summed E-state index contributed by atoms with van der Waals surface area (Å²) in [7, 11) is 1.81. The summed E-state index contributed by atoms with van der Waals surface area (Å²) in [5.74, 6) is -0.340. The van der Waals surface area contributed by atoms with Crippen molar-refractivity contribution in [1.82, 2.24) is 4.90 Å². The molecule has 1 unspecified atom stereocenters. The molecule has 0 rings (SSSR count). The minimum atomic E-state index is -0.340. The Labute approximate surface area is 77.9 Å². The SMILES string of the molecule is CC(CC(N)=S)N(C)CC(N)=O. The third-order valence-corrected chi connectivity index (χ3v) is 1.82. The van der Waals surface area contributed by atoms with Crippen LogP contribution in [0.25, 0.3) is 0 Å². The van der Waals surface area contributed by atoms with Crippen molar-refractivity contribution in [3.05, 3.63) is 0 Å². The van der Waals surface area contributed by atoms with E-state index >= 15 is 0 Å². The monoisotopic (exact) mass is 189 g/mol. The lowest BCUT2D eigenvalue weighted by atomic mass is 10.2. The van der Waals surface area contributed by atoms with Gasteiger partial charge in [-0.25, -0.2) is 0 Å². The smallest absolute Gasteiger partial charge is 0.231 e. The Bertz CT molecular complexity index is 163. The maximum Gasteiger partial charge on any atom is 0.231 e. The third-order valence-electron chi connectivity index (χ3n) is 1.65. The zero-order valence-electron chi connectivity index (χ0n) is 7.41. The lowest BCUT2D eigenvalue weighted by Crippen LogP contribution is -2.38. The van der Waals surface area contributed by atoms with Crippen molar-refractivity contribution in [2.75, 3.05) is 13.6 Å². The van der Waals surface area contributed by atoms with E-state index in [1.54, 1.807) is 0 Å². The molecule has 5 heteroatoms. The minimum absolute atomic E-state index is 0.162. The van der Waals surface area contributed by atoms with E-state index < -0.39 is 0 Å². The zero-order valence-corrected chi connectivity index (χ0v) is 8.23. The summed E-state index contributed by atoms with van der Waals surface area (Å²) in [6.45, 7) is 2.19. The summed E-state index contributed by atoms with van der Waals surface area (Å²) in [5, 5.41) is 0. The maximum atomic E-state index is 10.5. The number of nitrogens with zero attached hydrogens (tertiary/aromatic N) is 1. The third kappa shape index (κ3) is 5.03. The first-order chi connectivity index (χ1) is 5.43. The van der Waals surface area contributed by atoms with Crippen molar-refractivity contribution < 1.29 is 4.79 Å². The van der Waals surface area contributed by atoms with Gasteiger partial charge in [0.05, 0.1) is 11.5 Å². The molecule has 0 spiro atoms. The molecule has 0 aliphatic rings. The second-order valence-electron chi connectivity index (χ2n) is 2.90. The molecule has 70 valence electrons. The van der Waals surface area contributed by atoms with E-state index in [1.165, 1.54) is 0 Å². The van der Waals surface area contributed by atoms with E-state index in [4.69, 9.17) is 23.7 Å². The molecular formula is C7H15N3OS. The number of hydrogen-bond donors (Lipinski definition) is 2. The van der Waals surface area contributed by atoms with E-state index in [0.29, 0.717) is 11.4 Å². The van der Waals surface area contributed by atoms with E-state index in [2.05, 4.69) is 0 Å². The van der Waals surface area contributed by atoms with Gasteiger partial charge in [-0.15, -0.1) is 0 Å².